The lowest BCUT2D eigenvalue weighted by atomic mass is 9.93. The predicted molar refractivity (Wildman–Crippen MR) is 96.1 cm³/mol. The van der Waals surface area contributed by atoms with Crippen LogP contribution >= 0.6 is 0 Å². The molecular weight excluding hydrogens is 322 g/mol. The Hall–Kier alpha value is -1.88. The monoisotopic (exact) mass is 345 g/mol. The molecule has 0 radical (unpaired) electrons. The van der Waals surface area contributed by atoms with E-state index in [2.05, 4.69) is 38.1 Å². The fourth-order valence-electron chi connectivity index (χ4n) is 3.36. The van der Waals surface area contributed by atoms with Crippen LogP contribution in [-0.4, -0.2) is 38.1 Å². The van der Waals surface area contributed by atoms with E-state index in [0.717, 1.165) is 6.42 Å². The number of rotatable bonds is 3. The highest BCUT2D eigenvalue weighted by Gasteiger charge is 2.26. The zero-order valence-electron chi connectivity index (χ0n) is 14.2. The molecule has 128 valence electrons. The van der Waals surface area contributed by atoms with E-state index in [9.17, 15) is 13.2 Å². The number of nitrogens with zero attached hydrogens (tertiary/aromatic N) is 1. The molecule has 2 aliphatic heterocycles. The molecule has 0 aliphatic carbocycles. The lowest BCUT2D eigenvalue weighted by Gasteiger charge is -2.28. The van der Waals surface area contributed by atoms with Gasteiger partial charge in [0.25, 0.3) is 0 Å². The van der Waals surface area contributed by atoms with E-state index in [1.54, 1.807) is 6.08 Å². The number of allylic oxidation sites excluding steroid dienone is 1. The van der Waals surface area contributed by atoms with Gasteiger partial charge in [-0.1, -0.05) is 30.4 Å². The van der Waals surface area contributed by atoms with E-state index < -0.39 is 9.84 Å². The first-order valence-electron chi connectivity index (χ1n) is 8.30. The van der Waals surface area contributed by atoms with Crippen LogP contribution in [0, 0.1) is 19.8 Å². The van der Waals surface area contributed by atoms with Gasteiger partial charge in [0.15, 0.2) is 9.84 Å². The van der Waals surface area contributed by atoms with Crippen LogP contribution in [0.1, 0.15) is 29.5 Å². The standard InChI is InChI=1S/C19H23NO3S/c1-14-4-3-5-18(15(14)2)17-6-9-20(10-7-17)19(21)12-16-8-11-24(22,23)13-16/h3-6,8,11,16H,7,9-10,12-13H2,1-2H3. The van der Waals surface area contributed by atoms with Crippen LogP contribution in [0.2, 0.25) is 0 Å². The molecule has 0 spiro atoms. The average Bonchev–Trinajstić information content (AvgIpc) is 2.89. The van der Waals surface area contributed by atoms with E-state index in [1.165, 1.54) is 27.7 Å². The Morgan fingerprint density at radius 3 is 2.71 bits per heavy atom. The summed E-state index contributed by atoms with van der Waals surface area (Å²) in [5.41, 5.74) is 5.14. The van der Waals surface area contributed by atoms with Gasteiger partial charge in [-0.15, -0.1) is 0 Å². The Bertz CT molecular complexity index is 821. The van der Waals surface area contributed by atoms with Crippen LogP contribution in [0.5, 0.6) is 0 Å². The summed E-state index contributed by atoms with van der Waals surface area (Å²) in [6.45, 7) is 5.54. The van der Waals surface area contributed by atoms with E-state index >= 15 is 0 Å². The van der Waals surface area contributed by atoms with Crippen molar-refractivity contribution in [1.29, 1.82) is 0 Å². The first-order valence-corrected chi connectivity index (χ1v) is 10.0. The molecule has 1 unspecified atom stereocenters. The maximum absolute atomic E-state index is 12.4. The topological polar surface area (TPSA) is 54.5 Å². The smallest absolute Gasteiger partial charge is 0.223 e. The summed E-state index contributed by atoms with van der Waals surface area (Å²) in [6, 6.07) is 6.32. The molecule has 2 heterocycles. The molecule has 1 aromatic carbocycles. The highest BCUT2D eigenvalue weighted by molar-refractivity contribution is 7.94. The van der Waals surface area contributed by atoms with Crippen molar-refractivity contribution in [3.05, 3.63) is 52.4 Å². The van der Waals surface area contributed by atoms with Crippen molar-refractivity contribution in [2.75, 3.05) is 18.8 Å². The summed E-state index contributed by atoms with van der Waals surface area (Å²) < 4.78 is 22.9. The van der Waals surface area contributed by atoms with Crippen molar-refractivity contribution in [3.63, 3.8) is 0 Å². The highest BCUT2D eigenvalue weighted by Crippen LogP contribution is 2.27. The summed E-state index contributed by atoms with van der Waals surface area (Å²) in [5.74, 6) is -0.0687. The minimum absolute atomic E-state index is 0.0398. The fourth-order valence-corrected chi connectivity index (χ4v) is 4.76. The zero-order chi connectivity index (χ0) is 17.3. The molecule has 0 aromatic heterocycles. The Morgan fingerprint density at radius 1 is 1.29 bits per heavy atom. The Balaban J connectivity index is 1.64. The Kier molecular flexibility index (Phi) is 4.63. The van der Waals surface area contributed by atoms with E-state index in [1.807, 2.05) is 4.90 Å². The second-order valence-electron chi connectivity index (χ2n) is 6.69. The number of aryl methyl sites for hydroxylation is 1. The van der Waals surface area contributed by atoms with Crippen LogP contribution in [0.3, 0.4) is 0 Å². The lowest BCUT2D eigenvalue weighted by Crippen LogP contribution is -2.35. The van der Waals surface area contributed by atoms with Crippen molar-refractivity contribution in [3.8, 4) is 0 Å². The van der Waals surface area contributed by atoms with Crippen LogP contribution in [0.4, 0.5) is 0 Å². The molecule has 2 aliphatic rings. The first-order chi connectivity index (χ1) is 11.4. The second kappa shape index (κ2) is 6.55. The van der Waals surface area contributed by atoms with E-state index in [-0.39, 0.29) is 24.0 Å². The van der Waals surface area contributed by atoms with Gasteiger partial charge in [-0.3, -0.25) is 4.79 Å². The summed E-state index contributed by atoms with van der Waals surface area (Å²) in [6.07, 6.45) is 4.90. The zero-order valence-corrected chi connectivity index (χ0v) is 15.0. The number of benzene rings is 1. The largest absolute Gasteiger partial charge is 0.339 e. The second-order valence-corrected chi connectivity index (χ2v) is 8.62. The average molecular weight is 345 g/mol. The van der Waals surface area contributed by atoms with Gasteiger partial charge in [-0.2, -0.15) is 0 Å². The van der Waals surface area contributed by atoms with Gasteiger partial charge in [0.1, 0.15) is 0 Å². The van der Waals surface area contributed by atoms with Crippen LogP contribution in [0.25, 0.3) is 5.57 Å². The first kappa shape index (κ1) is 17.0. The number of sulfone groups is 1. The third kappa shape index (κ3) is 3.61. The quantitative estimate of drug-likeness (QED) is 0.846. The van der Waals surface area contributed by atoms with Crippen LogP contribution < -0.4 is 0 Å². The predicted octanol–water partition coefficient (Wildman–Crippen LogP) is 2.87. The molecule has 0 fully saturated rings. The maximum atomic E-state index is 12.4. The Morgan fingerprint density at radius 2 is 2.08 bits per heavy atom. The Labute approximate surface area is 143 Å². The van der Waals surface area contributed by atoms with Gasteiger partial charge in [0.05, 0.1) is 5.75 Å². The fraction of sp³-hybridized carbons (Fsp3) is 0.421. The molecule has 0 saturated heterocycles. The third-order valence-corrected chi connectivity index (χ3v) is 6.42. The number of amides is 1. The lowest BCUT2D eigenvalue weighted by molar-refractivity contribution is -0.131. The maximum Gasteiger partial charge on any atom is 0.223 e. The van der Waals surface area contributed by atoms with Crippen LogP contribution in [0.15, 0.2) is 35.8 Å². The van der Waals surface area contributed by atoms with Crippen molar-refractivity contribution >= 4 is 21.3 Å². The van der Waals surface area contributed by atoms with Crippen LogP contribution in [-0.2, 0) is 14.6 Å². The normalized spacial score (nSPS) is 22.5. The molecule has 0 bridgehead atoms. The minimum Gasteiger partial charge on any atom is -0.339 e. The third-order valence-electron chi connectivity index (χ3n) is 4.95. The molecule has 1 aromatic rings. The molecular formula is C19H23NO3S. The summed E-state index contributed by atoms with van der Waals surface area (Å²) >= 11 is 0. The van der Waals surface area contributed by atoms with Gasteiger partial charge in [0.2, 0.25) is 5.91 Å². The summed E-state index contributed by atoms with van der Waals surface area (Å²) in [7, 11) is -3.09. The number of hydrogen-bond acceptors (Lipinski definition) is 3. The highest BCUT2D eigenvalue weighted by atomic mass is 32.2. The van der Waals surface area contributed by atoms with Crippen molar-refractivity contribution in [2.45, 2.75) is 26.7 Å². The van der Waals surface area contributed by atoms with Crippen molar-refractivity contribution in [2.24, 2.45) is 5.92 Å². The SMILES string of the molecule is Cc1cccc(C2=CCN(C(=O)CC3C=CS(=O)(=O)C3)CC2)c1C. The molecule has 0 N–H and O–H groups in total. The van der Waals surface area contributed by atoms with Gasteiger partial charge < -0.3 is 4.90 Å². The van der Waals surface area contributed by atoms with Gasteiger partial charge in [0, 0.05) is 30.8 Å². The molecule has 5 heteroatoms. The van der Waals surface area contributed by atoms with Gasteiger partial charge in [-0.05, 0) is 42.5 Å². The van der Waals surface area contributed by atoms with Gasteiger partial charge in [-0.25, -0.2) is 8.42 Å². The molecule has 3 rings (SSSR count). The minimum atomic E-state index is -3.09. The number of carbonyl (C=O) groups excluding carboxylic acids is 1. The summed E-state index contributed by atoms with van der Waals surface area (Å²) in [5, 5.41) is 1.24. The summed E-state index contributed by atoms with van der Waals surface area (Å²) in [4.78, 5) is 14.2. The van der Waals surface area contributed by atoms with E-state index in [0.29, 0.717) is 13.1 Å². The van der Waals surface area contributed by atoms with Crippen molar-refractivity contribution in [1.82, 2.24) is 4.90 Å². The molecule has 0 saturated carbocycles. The van der Waals surface area contributed by atoms with Crippen molar-refractivity contribution < 1.29 is 13.2 Å². The molecule has 4 nitrogen and oxygen atoms in total. The molecule has 1 atom stereocenters. The number of hydrogen-bond donors (Lipinski definition) is 0. The number of carbonyl (C=O) groups is 1. The molecule has 24 heavy (non-hydrogen) atoms. The van der Waals surface area contributed by atoms with E-state index in [4.69, 9.17) is 0 Å². The van der Waals surface area contributed by atoms with Gasteiger partial charge >= 0.3 is 0 Å². The molecule has 1 amide bonds.